The first-order valence-electron chi connectivity index (χ1n) is 15.4. The summed E-state index contributed by atoms with van der Waals surface area (Å²) in [5.74, 6) is -5.17. The zero-order valence-electron chi connectivity index (χ0n) is 25.9. The lowest BCUT2D eigenvalue weighted by Crippen LogP contribution is -2.53. The maximum Gasteiger partial charge on any atom is 0.573 e. The highest BCUT2D eigenvalue weighted by Gasteiger charge is 2.32. The van der Waals surface area contributed by atoms with Gasteiger partial charge in [0.15, 0.2) is 0 Å². The number of halogens is 7. The van der Waals surface area contributed by atoms with Gasteiger partial charge in [-0.3, -0.25) is 14.6 Å². The Kier molecular flexibility index (Phi) is 11.2. The van der Waals surface area contributed by atoms with E-state index in [1.165, 1.54) is 42.6 Å². The van der Waals surface area contributed by atoms with Crippen LogP contribution in [-0.4, -0.2) is 53.7 Å². The van der Waals surface area contributed by atoms with Crippen molar-refractivity contribution in [2.75, 3.05) is 25.0 Å². The highest BCUT2D eigenvalue weighted by Crippen LogP contribution is 2.31. The molecule has 1 fully saturated rings. The Balaban J connectivity index is 1.25. The van der Waals surface area contributed by atoms with Gasteiger partial charge in [-0.15, -0.1) is 13.2 Å². The molecule has 1 aliphatic rings. The van der Waals surface area contributed by atoms with Gasteiger partial charge in [-0.25, -0.2) is 17.6 Å². The van der Waals surface area contributed by atoms with Gasteiger partial charge in [0.2, 0.25) is 5.91 Å². The fraction of sp³-hybridized carbons (Fsp3) is 0.286. The molecule has 14 heteroatoms. The van der Waals surface area contributed by atoms with Crippen molar-refractivity contribution in [1.29, 1.82) is 0 Å². The van der Waals surface area contributed by atoms with E-state index in [2.05, 4.69) is 20.4 Å². The van der Waals surface area contributed by atoms with Crippen molar-refractivity contribution < 1.29 is 45.1 Å². The monoisotopic (exact) mass is 688 g/mol. The van der Waals surface area contributed by atoms with Gasteiger partial charge in [-0.2, -0.15) is 0 Å². The van der Waals surface area contributed by atoms with E-state index in [9.17, 15) is 35.9 Å². The summed E-state index contributed by atoms with van der Waals surface area (Å²) >= 11 is 0. The minimum atomic E-state index is -4.86. The minimum Gasteiger partial charge on any atom is -0.406 e. The molecule has 258 valence electrons. The lowest BCUT2D eigenvalue weighted by molar-refractivity contribution is -0.274. The van der Waals surface area contributed by atoms with E-state index < -0.39 is 47.2 Å². The zero-order chi connectivity index (χ0) is 35.1. The van der Waals surface area contributed by atoms with Gasteiger partial charge in [-0.1, -0.05) is 12.1 Å². The lowest BCUT2D eigenvalue weighted by Gasteiger charge is -2.36. The van der Waals surface area contributed by atoms with E-state index in [0.717, 1.165) is 30.5 Å². The minimum absolute atomic E-state index is 0.101. The van der Waals surface area contributed by atoms with Crippen LogP contribution in [0.3, 0.4) is 0 Å². The number of amides is 2. The van der Waals surface area contributed by atoms with Crippen molar-refractivity contribution >= 4 is 17.5 Å². The van der Waals surface area contributed by atoms with Crippen LogP contribution >= 0.6 is 0 Å². The van der Waals surface area contributed by atoms with Crippen LogP contribution in [0.15, 0.2) is 79.1 Å². The van der Waals surface area contributed by atoms with Crippen LogP contribution in [0.4, 0.5) is 36.4 Å². The number of nitrogens with zero attached hydrogens (tertiary/aromatic N) is 2. The molecule has 2 heterocycles. The van der Waals surface area contributed by atoms with Crippen molar-refractivity contribution in [3.05, 3.63) is 125 Å². The Labute approximate surface area is 277 Å². The molecule has 7 nitrogen and oxygen atoms in total. The third kappa shape index (κ3) is 9.56. The molecular weight excluding hydrogens is 657 g/mol. The summed E-state index contributed by atoms with van der Waals surface area (Å²) in [6, 6.07) is 12.4. The molecule has 0 saturated carbocycles. The molecular formula is C35H31F7N4O3. The number of ether oxygens (including phenoxy) is 1. The molecule has 3 aromatic carbocycles. The largest absolute Gasteiger partial charge is 0.573 e. The SMILES string of the molecule is O=C(C[C@@H](c1ccc(F)cc1)c1cc(F)cc(F)c1)Nc1cncc(F)c1CCC[C@H]1CNCCN1C(=O)c1ccc(OC(F)(F)F)cc1. The molecule has 0 bridgehead atoms. The van der Waals surface area contributed by atoms with Gasteiger partial charge in [-0.05, 0) is 78.9 Å². The summed E-state index contributed by atoms with van der Waals surface area (Å²) in [6.07, 6.45) is -1.90. The molecule has 2 atom stereocenters. The van der Waals surface area contributed by atoms with E-state index in [1.807, 2.05) is 0 Å². The number of alkyl halides is 3. The molecule has 1 saturated heterocycles. The normalized spacial score (nSPS) is 15.5. The number of aromatic nitrogens is 1. The smallest absolute Gasteiger partial charge is 0.406 e. The van der Waals surface area contributed by atoms with Gasteiger partial charge in [0.1, 0.15) is 29.0 Å². The van der Waals surface area contributed by atoms with Crippen molar-refractivity contribution in [3.63, 3.8) is 0 Å². The van der Waals surface area contributed by atoms with Crippen LogP contribution in [0.25, 0.3) is 0 Å². The average Bonchev–Trinajstić information content (AvgIpc) is 3.04. The molecule has 1 aliphatic heterocycles. The predicted octanol–water partition coefficient (Wildman–Crippen LogP) is 7.13. The Bertz CT molecular complexity index is 1750. The molecule has 0 spiro atoms. The summed E-state index contributed by atoms with van der Waals surface area (Å²) in [7, 11) is 0. The number of carbonyl (C=O) groups excluding carboxylic acids is 2. The number of hydrogen-bond acceptors (Lipinski definition) is 5. The van der Waals surface area contributed by atoms with E-state index in [4.69, 9.17) is 0 Å². The predicted molar refractivity (Wildman–Crippen MR) is 166 cm³/mol. The Morgan fingerprint density at radius 1 is 0.918 bits per heavy atom. The fourth-order valence-electron chi connectivity index (χ4n) is 5.88. The highest BCUT2D eigenvalue weighted by atomic mass is 19.4. The van der Waals surface area contributed by atoms with Crippen molar-refractivity contribution in [2.45, 2.75) is 44.0 Å². The van der Waals surface area contributed by atoms with E-state index in [0.29, 0.717) is 44.1 Å². The van der Waals surface area contributed by atoms with Gasteiger partial charge in [0.25, 0.3) is 5.91 Å². The topological polar surface area (TPSA) is 83.6 Å². The Morgan fingerprint density at radius 2 is 1.61 bits per heavy atom. The zero-order valence-corrected chi connectivity index (χ0v) is 25.9. The van der Waals surface area contributed by atoms with Crippen molar-refractivity contribution in [3.8, 4) is 5.75 Å². The molecule has 5 rings (SSSR count). The quantitative estimate of drug-likeness (QED) is 0.164. The summed E-state index contributed by atoms with van der Waals surface area (Å²) in [5, 5.41) is 5.87. The molecule has 0 unspecified atom stereocenters. The van der Waals surface area contributed by atoms with Crippen LogP contribution in [0, 0.1) is 23.3 Å². The highest BCUT2D eigenvalue weighted by molar-refractivity contribution is 5.94. The van der Waals surface area contributed by atoms with Crippen LogP contribution in [0.5, 0.6) is 5.75 Å². The number of piperazine rings is 1. The molecule has 0 aliphatic carbocycles. The van der Waals surface area contributed by atoms with Gasteiger partial charge >= 0.3 is 6.36 Å². The standard InChI is InChI=1S/C35H31F7N4O3/c36-24-8-4-21(5-9-24)30(23-14-25(37)16-26(38)15-23)17-33(47)45-32-20-44-19-31(39)29(32)3-1-2-27-18-43-12-13-46(27)34(48)22-6-10-28(11-7-22)49-35(40,41)42/h4-11,14-16,19-20,27,30,43H,1-3,12-13,17-18H2,(H,45,47)/t27-,30-/m0/s1. The van der Waals surface area contributed by atoms with Crippen LogP contribution < -0.4 is 15.4 Å². The number of pyridine rings is 1. The van der Waals surface area contributed by atoms with E-state index in [-0.39, 0.29) is 47.2 Å². The van der Waals surface area contributed by atoms with Crippen LogP contribution in [-0.2, 0) is 11.2 Å². The number of hydrogen-bond donors (Lipinski definition) is 2. The third-order valence-corrected chi connectivity index (χ3v) is 8.14. The molecule has 49 heavy (non-hydrogen) atoms. The Hall–Kier alpha value is -4.98. The maximum atomic E-state index is 15.1. The lowest BCUT2D eigenvalue weighted by atomic mass is 9.88. The first-order chi connectivity index (χ1) is 23.4. The van der Waals surface area contributed by atoms with Crippen molar-refractivity contribution in [1.82, 2.24) is 15.2 Å². The fourth-order valence-corrected chi connectivity index (χ4v) is 5.88. The molecule has 2 amide bonds. The van der Waals surface area contributed by atoms with Gasteiger partial charge in [0.05, 0.1) is 18.1 Å². The number of carbonyl (C=O) groups is 2. The van der Waals surface area contributed by atoms with E-state index in [1.54, 1.807) is 4.90 Å². The second-order valence-electron chi connectivity index (χ2n) is 11.5. The Morgan fingerprint density at radius 3 is 2.29 bits per heavy atom. The molecule has 0 radical (unpaired) electrons. The number of benzene rings is 3. The second-order valence-corrected chi connectivity index (χ2v) is 11.5. The van der Waals surface area contributed by atoms with Crippen molar-refractivity contribution in [2.24, 2.45) is 0 Å². The number of anilines is 1. The average molecular weight is 689 g/mol. The number of nitrogens with one attached hydrogen (secondary N) is 2. The molecule has 4 aromatic rings. The maximum absolute atomic E-state index is 15.1. The summed E-state index contributed by atoms with van der Waals surface area (Å²) in [6.45, 7) is 1.29. The summed E-state index contributed by atoms with van der Waals surface area (Å²) < 4.78 is 98.3. The van der Waals surface area contributed by atoms with Gasteiger partial charge in [0, 0.05) is 55.2 Å². The van der Waals surface area contributed by atoms with Crippen LogP contribution in [0.2, 0.25) is 0 Å². The van der Waals surface area contributed by atoms with Gasteiger partial charge < -0.3 is 20.3 Å². The summed E-state index contributed by atoms with van der Waals surface area (Å²) in [5.41, 5.74) is 1.04. The first-order valence-corrected chi connectivity index (χ1v) is 15.4. The second kappa shape index (κ2) is 15.5. The summed E-state index contributed by atoms with van der Waals surface area (Å²) in [4.78, 5) is 32.0. The molecule has 2 N–H and O–H groups in total. The third-order valence-electron chi connectivity index (χ3n) is 8.14. The first kappa shape index (κ1) is 35.3. The van der Waals surface area contributed by atoms with E-state index >= 15 is 4.39 Å². The van der Waals surface area contributed by atoms with Crippen LogP contribution in [0.1, 0.15) is 52.2 Å². The molecule has 1 aromatic heterocycles. The number of rotatable bonds is 11.